The number of hydrogen-bond donors (Lipinski definition) is 1. The summed E-state index contributed by atoms with van der Waals surface area (Å²) < 4.78 is 37.0. The molecule has 1 aromatic carbocycles. The van der Waals surface area contributed by atoms with Gasteiger partial charge in [0.1, 0.15) is 6.61 Å². The summed E-state index contributed by atoms with van der Waals surface area (Å²) in [6, 6.07) is 2.75. The van der Waals surface area contributed by atoms with Gasteiger partial charge in [0.2, 0.25) is 0 Å². The number of carbonyl (C=O) groups is 1. The zero-order valence-corrected chi connectivity index (χ0v) is 8.77. The maximum atomic E-state index is 12.3. The molecule has 1 aromatic rings. The summed E-state index contributed by atoms with van der Waals surface area (Å²) in [5.74, 6) is -0.582. The quantitative estimate of drug-likeness (QED) is 0.897. The maximum Gasteiger partial charge on any atom is 0.416 e. The Bertz CT molecular complexity index is 402. The van der Waals surface area contributed by atoms with E-state index in [4.69, 9.17) is 16.7 Å². The van der Waals surface area contributed by atoms with E-state index in [0.717, 1.165) is 18.2 Å². The first-order valence-corrected chi connectivity index (χ1v) is 4.70. The highest BCUT2D eigenvalue weighted by molar-refractivity contribution is 6.31. The Balaban J connectivity index is 3.04. The normalized spacial score (nSPS) is 11.6. The Morgan fingerprint density at radius 1 is 1.38 bits per heavy atom. The van der Waals surface area contributed by atoms with Crippen LogP contribution < -0.4 is 0 Å². The van der Waals surface area contributed by atoms with Gasteiger partial charge in [0.25, 0.3) is 0 Å². The van der Waals surface area contributed by atoms with Crippen LogP contribution in [0.4, 0.5) is 13.2 Å². The van der Waals surface area contributed by atoms with Crippen molar-refractivity contribution in [2.45, 2.75) is 12.6 Å². The molecule has 1 rings (SSSR count). The smallest absolute Gasteiger partial charge is 0.389 e. The topological polar surface area (TPSA) is 37.3 Å². The highest BCUT2D eigenvalue weighted by Gasteiger charge is 2.30. The molecule has 16 heavy (non-hydrogen) atoms. The number of benzene rings is 1. The minimum absolute atomic E-state index is 0.0653. The van der Waals surface area contributed by atoms with Crippen molar-refractivity contribution in [1.29, 1.82) is 0 Å². The lowest BCUT2D eigenvalue weighted by Gasteiger charge is -2.09. The molecule has 0 saturated carbocycles. The molecule has 0 aliphatic carbocycles. The zero-order valence-electron chi connectivity index (χ0n) is 8.01. The molecule has 0 unspecified atom stereocenters. The van der Waals surface area contributed by atoms with Gasteiger partial charge in [-0.05, 0) is 23.8 Å². The van der Waals surface area contributed by atoms with Crippen LogP contribution >= 0.6 is 11.6 Å². The fourth-order valence-electron chi connectivity index (χ4n) is 1.15. The Morgan fingerprint density at radius 2 is 2.00 bits per heavy atom. The average Bonchev–Trinajstić information content (AvgIpc) is 2.19. The predicted octanol–water partition coefficient (Wildman–Crippen LogP) is 2.46. The van der Waals surface area contributed by atoms with E-state index in [1.54, 1.807) is 0 Å². The summed E-state index contributed by atoms with van der Waals surface area (Å²) in [5, 5.41) is 8.58. The summed E-state index contributed by atoms with van der Waals surface area (Å²) in [5.41, 5.74) is -0.798. The fraction of sp³-hybridized carbons (Fsp3) is 0.300. The van der Waals surface area contributed by atoms with Crippen molar-refractivity contribution in [3.05, 3.63) is 34.3 Å². The van der Waals surface area contributed by atoms with Crippen molar-refractivity contribution in [1.82, 2.24) is 0 Å². The van der Waals surface area contributed by atoms with Crippen LogP contribution in [-0.4, -0.2) is 17.5 Å². The minimum atomic E-state index is -4.47. The van der Waals surface area contributed by atoms with Gasteiger partial charge < -0.3 is 5.11 Å². The second-order valence-corrected chi connectivity index (χ2v) is 3.58. The van der Waals surface area contributed by atoms with E-state index in [1.165, 1.54) is 0 Å². The molecular weight excluding hydrogens is 245 g/mol. The van der Waals surface area contributed by atoms with Gasteiger partial charge in [-0.25, -0.2) is 0 Å². The summed E-state index contributed by atoms with van der Waals surface area (Å²) in [6.45, 7) is -0.716. The fourth-order valence-corrected chi connectivity index (χ4v) is 1.34. The first-order valence-electron chi connectivity index (χ1n) is 4.32. The molecular formula is C10H8ClF3O2. The highest BCUT2D eigenvalue weighted by Crippen LogP contribution is 2.31. The Kier molecular flexibility index (Phi) is 3.93. The van der Waals surface area contributed by atoms with Gasteiger partial charge in [0.05, 0.1) is 5.56 Å². The highest BCUT2D eigenvalue weighted by atomic mass is 35.5. The largest absolute Gasteiger partial charge is 0.416 e. The Labute approximate surface area is 94.6 Å². The van der Waals surface area contributed by atoms with Crippen molar-refractivity contribution in [3.63, 3.8) is 0 Å². The number of ketones is 1. The lowest BCUT2D eigenvalue weighted by molar-refractivity contribution is -0.137. The molecule has 0 atom stereocenters. The number of alkyl halides is 3. The Hall–Kier alpha value is -1.07. The van der Waals surface area contributed by atoms with Crippen LogP contribution in [-0.2, 0) is 17.4 Å². The third kappa shape index (κ3) is 3.21. The van der Waals surface area contributed by atoms with Gasteiger partial charge in [-0.15, -0.1) is 0 Å². The van der Waals surface area contributed by atoms with Crippen LogP contribution in [0.2, 0.25) is 5.02 Å². The first-order chi connectivity index (χ1) is 7.34. The third-order valence-electron chi connectivity index (χ3n) is 1.94. The van der Waals surface area contributed by atoms with Crippen molar-refractivity contribution in [2.75, 3.05) is 6.61 Å². The lowest BCUT2D eigenvalue weighted by Crippen LogP contribution is -2.10. The van der Waals surface area contributed by atoms with E-state index < -0.39 is 24.1 Å². The van der Waals surface area contributed by atoms with Crippen molar-refractivity contribution < 1.29 is 23.1 Å². The van der Waals surface area contributed by atoms with Gasteiger partial charge >= 0.3 is 6.18 Å². The van der Waals surface area contributed by atoms with Crippen LogP contribution in [0.15, 0.2) is 18.2 Å². The van der Waals surface area contributed by atoms with Crippen molar-refractivity contribution >= 4 is 17.4 Å². The summed E-state index contributed by atoms with van der Waals surface area (Å²) in [7, 11) is 0. The number of Topliss-reactive ketones (excluding diaryl/α,β-unsaturated/α-hetero) is 1. The maximum absolute atomic E-state index is 12.3. The van der Waals surface area contributed by atoms with Gasteiger partial charge in [-0.2, -0.15) is 13.2 Å². The van der Waals surface area contributed by atoms with Gasteiger partial charge in [0.15, 0.2) is 5.78 Å². The molecule has 0 aliphatic rings. The molecule has 88 valence electrons. The summed E-state index contributed by atoms with van der Waals surface area (Å²) in [4.78, 5) is 10.9. The van der Waals surface area contributed by atoms with Crippen molar-refractivity contribution in [2.24, 2.45) is 0 Å². The van der Waals surface area contributed by atoms with Crippen LogP contribution in [0.5, 0.6) is 0 Å². The van der Waals surface area contributed by atoms with Gasteiger partial charge in [-0.3, -0.25) is 4.79 Å². The monoisotopic (exact) mass is 252 g/mol. The van der Waals surface area contributed by atoms with E-state index in [9.17, 15) is 18.0 Å². The SMILES string of the molecule is O=C(CO)Cc1cc(C(F)(F)F)ccc1Cl. The molecule has 1 N–H and O–H groups in total. The molecule has 0 radical (unpaired) electrons. The van der Waals surface area contributed by atoms with Crippen LogP contribution in [0.25, 0.3) is 0 Å². The summed E-state index contributed by atoms with van der Waals surface area (Å²) in [6.07, 6.45) is -4.78. The molecule has 0 spiro atoms. The first kappa shape index (κ1) is 13.0. The van der Waals surface area contributed by atoms with Gasteiger partial charge in [-0.1, -0.05) is 11.6 Å². The lowest BCUT2D eigenvalue weighted by atomic mass is 10.1. The molecule has 0 aliphatic heterocycles. The number of aliphatic hydroxyl groups excluding tert-OH is 1. The Morgan fingerprint density at radius 3 is 2.50 bits per heavy atom. The number of carbonyl (C=O) groups excluding carboxylic acids is 1. The van der Waals surface area contributed by atoms with Crippen molar-refractivity contribution in [3.8, 4) is 0 Å². The number of hydrogen-bond acceptors (Lipinski definition) is 2. The molecule has 0 fully saturated rings. The number of rotatable bonds is 3. The van der Waals surface area contributed by atoms with E-state index in [2.05, 4.69) is 0 Å². The van der Waals surface area contributed by atoms with E-state index in [-0.39, 0.29) is 17.0 Å². The van der Waals surface area contributed by atoms with Gasteiger partial charge in [0, 0.05) is 11.4 Å². The third-order valence-corrected chi connectivity index (χ3v) is 2.31. The van der Waals surface area contributed by atoms with Crippen LogP contribution in [0.1, 0.15) is 11.1 Å². The van der Waals surface area contributed by atoms with E-state index >= 15 is 0 Å². The molecule has 2 nitrogen and oxygen atoms in total. The molecule has 6 heteroatoms. The molecule has 0 saturated heterocycles. The molecule has 0 amide bonds. The second-order valence-electron chi connectivity index (χ2n) is 3.18. The molecule has 0 bridgehead atoms. The second kappa shape index (κ2) is 4.84. The van der Waals surface area contributed by atoms with E-state index in [1.807, 2.05) is 0 Å². The van der Waals surface area contributed by atoms with Crippen LogP contribution in [0, 0.1) is 0 Å². The van der Waals surface area contributed by atoms with E-state index in [0.29, 0.717) is 0 Å². The zero-order chi connectivity index (χ0) is 12.3. The molecule has 0 aromatic heterocycles. The van der Waals surface area contributed by atoms with Crippen LogP contribution in [0.3, 0.4) is 0 Å². The predicted molar refractivity (Wildman–Crippen MR) is 52.3 cm³/mol. The number of halogens is 4. The number of aliphatic hydroxyl groups is 1. The summed E-state index contributed by atoms with van der Waals surface area (Å²) >= 11 is 5.65. The average molecular weight is 253 g/mol. The molecule has 0 heterocycles. The standard InChI is InChI=1S/C10H8ClF3O2/c11-9-2-1-7(10(12,13)14)3-6(9)4-8(16)5-15/h1-3,15H,4-5H2. The minimum Gasteiger partial charge on any atom is -0.389 e.